The van der Waals surface area contributed by atoms with Gasteiger partial charge in [0.1, 0.15) is 0 Å². The van der Waals surface area contributed by atoms with E-state index in [9.17, 15) is 19.8 Å². The Hall–Kier alpha value is -1.58. The van der Waals surface area contributed by atoms with Gasteiger partial charge in [-0.1, -0.05) is 52.0 Å². The second-order valence-electron chi connectivity index (χ2n) is 13.5. The zero-order chi connectivity index (χ0) is 24.2. The third-order valence-corrected chi connectivity index (χ3v) is 12.2. The molecule has 182 valence electrons. The number of hydrogen-bond acceptors (Lipinski definition) is 2. The van der Waals surface area contributed by atoms with Gasteiger partial charge in [-0.05, 0) is 104 Å². The van der Waals surface area contributed by atoms with E-state index in [1.807, 2.05) is 6.92 Å². The molecule has 33 heavy (non-hydrogen) atoms. The number of rotatable bonds is 3. The lowest BCUT2D eigenvalue weighted by Gasteiger charge is -2.69. The topological polar surface area (TPSA) is 74.6 Å². The Kier molecular flexibility index (Phi) is 4.75. The summed E-state index contributed by atoms with van der Waals surface area (Å²) in [5.74, 6) is -0.617. The van der Waals surface area contributed by atoms with E-state index in [1.165, 1.54) is 0 Å². The molecule has 5 aliphatic rings. The van der Waals surface area contributed by atoms with Gasteiger partial charge < -0.3 is 10.2 Å². The predicted molar refractivity (Wildman–Crippen MR) is 128 cm³/mol. The van der Waals surface area contributed by atoms with Crippen molar-refractivity contribution in [2.75, 3.05) is 0 Å². The van der Waals surface area contributed by atoms with E-state index in [0.717, 1.165) is 37.7 Å². The van der Waals surface area contributed by atoms with Crippen LogP contribution in [0.3, 0.4) is 0 Å². The molecule has 0 bridgehead atoms. The number of carboxylic acids is 2. The summed E-state index contributed by atoms with van der Waals surface area (Å²) in [5, 5.41) is 21.5. The molecule has 5 aliphatic carbocycles. The fourth-order valence-corrected chi connectivity index (χ4v) is 10.9. The number of aliphatic carboxylic acids is 2. The summed E-state index contributed by atoms with van der Waals surface area (Å²) < 4.78 is 0. The normalized spacial score (nSPS) is 51.7. The van der Waals surface area contributed by atoms with Crippen molar-refractivity contribution in [1.82, 2.24) is 0 Å². The number of fused-ring (bicyclic) bond motifs is 7. The summed E-state index contributed by atoms with van der Waals surface area (Å²) in [5.41, 5.74) is -0.781. The van der Waals surface area contributed by atoms with Crippen LogP contribution in [0.25, 0.3) is 0 Å². The maximum absolute atomic E-state index is 13.4. The minimum atomic E-state index is -0.855. The maximum atomic E-state index is 13.4. The molecule has 0 aromatic heterocycles. The van der Waals surface area contributed by atoms with Crippen LogP contribution in [0.4, 0.5) is 0 Å². The largest absolute Gasteiger partial charge is 0.481 e. The van der Waals surface area contributed by atoms with Gasteiger partial charge in [-0.3, -0.25) is 9.59 Å². The Labute approximate surface area is 198 Å². The summed E-state index contributed by atoms with van der Waals surface area (Å²) >= 11 is 0. The average molecular weight is 455 g/mol. The van der Waals surface area contributed by atoms with Crippen molar-refractivity contribution in [3.05, 3.63) is 24.3 Å². The lowest BCUT2D eigenvalue weighted by atomic mass is 9.33. The summed E-state index contributed by atoms with van der Waals surface area (Å²) in [4.78, 5) is 26.2. The molecule has 4 saturated carbocycles. The highest BCUT2D eigenvalue weighted by Crippen LogP contribution is 2.77. The first kappa shape index (κ1) is 23.2. The van der Waals surface area contributed by atoms with Crippen molar-refractivity contribution in [3.8, 4) is 0 Å². The molecule has 0 saturated heterocycles. The van der Waals surface area contributed by atoms with E-state index in [0.29, 0.717) is 31.1 Å². The molecule has 0 radical (unpaired) electrons. The first-order valence-corrected chi connectivity index (χ1v) is 13.1. The number of carbonyl (C=O) groups is 2. The molecule has 4 nitrogen and oxygen atoms in total. The Balaban J connectivity index is 1.66. The van der Waals surface area contributed by atoms with Gasteiger partial charge >= 0.3 is 11.9 Å². The smallest absolute Gasteiger partial charge is 0.310 e. The highest BCUT2D eigenvalue weighted by Gasteiger charge is 2.75. The molecule has 0 aromatic carbocycles. The van der Waals surface area contributed by atoms with Crippen LogP contribution in [0.1, 0.15) is 86.0 Å². The van der Waals surface area contributed by atoms with Crippen molar-refractivity contribution in [1.29, 1.82) is 0 Å². The number of carboxylic acid groups (broad SMARTS) is 2. The molecule has 5 rings (SSSR count). The Morgan fingerprint density at radius 1 is 0.848 bits per heavy atom. The van der Waals surface area contributed by atoms with Crippen LogP contribution >= 0.6 is 0 Å². The van der Waals surface area contributed by atoms with E-state index in [2.05, 4.69) is 46.4 Å². The van der Waals surface area contributed by atoms with E-state index in [1.54, 1.807) is 0 Å². The van der Waals surface area contributed by atoms with Gasteiger partial charge in [-0.2, -0.15) is 0 Å². The van der Waals surface area contributed by atoms with Crippen LogP contribution < -0.4 is 0 Å². The first-order chi connectivity index (χ1) is 15.3. The van der Waals surface area contributed by atoms with Crippen molar-refractivity contribution in [2.24, 2.45) is 56.7 Å². The highest BCUT2D eigenvalue weighted by molar-refractivity contribution is 5.80. The molecule has 0 unspecified atom stereocenters. The summed E-state index contributed by atoms with van der Waals surface area (Å²) in [6.07, 6.45) is 11.1. The Bertz CT molecular complexity index is 947. The number of hydrogen-bond donors (Lipinski definition) is 2. The second-order valence-corrected chi connectivity index (χ2v) is 13.5. The van der Waals surface area contributed by atoms with Crippen LogP contribution in [0.2, 0.25) is 0 Å². The van der Waals surface area contributed by atoms with Crippen LogP contribution in [0.5, 0.6) is 0 Å². The molecule has 0 heterocycles. The second kappa shape index (κ2) is 6.76. The maximum Gasteiger partial charge on any atom is 0.310 e. The van der Waals surface area contributed by atoms with E-state index >= 15 is 0 Å². The number of allylic oxidation sites excluding steroid dienone is 3. The third kappa shape index (κ3) is 2.54. The van der Waals surface area contributed by atoms with Crippen molar-refractivity contribution < 1.29 is 19.8 Å². The van der Waals surface area contributed by atoms with Crippen LogP contribution in [-0.4, -0.2) is 22.2 Å². The molecular weight excluding hydrogens is 412 g/mol. The quantitative estimate of drug-likeness (QED) is 0.473. The Morgan fingerprint density at radius 3 is 2.15 bits per heavy atom. The molecule has 2 N–H and O–H groups in total. The van der Waals surface area contributed by atoms with Gasteiger partial charge in [0, 0.05) is 0 Å². The standard InChI is InChI=1S/C29H42O4/c1-17(2)18-9-12-28(23(30)31)15-16-29(24(32)33)19(22(18)28)7-8-21-26(5)14-13-25(3,4)20(26)10-11-27(21,29)6/h13-14,18-22H,1,7-12,15-16H2,2-6H3,(H,30,31)(H,32,33)/t18-,19+,20-,21+,22+,26-,27+,28-,29+/m0/s1. The van der Waals surface area contributed by atoms with Gasteiger partial charge in [-0.25, -0.2) is 0 Å². The predicted octanol–water partition coefficient (Wildman–Crippen LogP) is 6.57. The molecule has 4 fully saturated rings. The van der Waals surface area contributed by atoms with E-state index in [4.69, 9.17) is 0 Å². The monoisotopic (exact) mass is 454 g/mol. The van der Waals surface area contributed by atoms with Crippen molar-refractivity contribution in [3.63, 3.8) is 0 Å². The molecular formula is C29H42O4. The summed E-state index contributed by atoms with van der Waals surface area (Å²) in [6, 6.07) is 0. The lowest BCUT2D eigenvalue weighted by Crippen LogP contribution is -2.68. The molecule has 4 heteroatoms. The van der Waals surface area contributed by atoms with Gasteiger partial charge in [0.15, 0.2) is 0 Å². The highest BCUT2D eigenvalue weighted by atomic mass is 16.4. The Morgan fingerprint density at radius 2 is 1.55 bits per heavy atom. The van der Waals surface area contributed by atoms with Crippen LogP contribution in [-0.2, 0) is 9.59 Å². The third-order valence-electron chi connectivity index (χ3n) is 12.2. The molecule has 0 aromatic rings. The van der Waals surface area contributed by atoms with Gasteiger partial charge in [0.25, 0.3) is 0 Å². The van der Waals surface area contributed by atoms with Crippen LogP contribution in [0.15, 0.2) is 24.3 Å². The summed E-state index contributed by atoms with van der Waals surface area (Å²) in [6.45, 7) is 15.6. The fraction of sp³-hybridized carbons (Fsp3) is 0.793. The van der Waals surface area contributed by atoms with Gasteiger partial charge in [0.2, 0.25) is 0 Å². The van der Waals surface area contributed by atoms with Crippen molar-refractivity contribution >= 4 is 11.9 Å². The lowest BCUT2D eigenvalue weighted by molar-refractivity contribution is -0.231. The van der Waals surface area contributed by atoms with E-state index in [-0.39, 0.29) is 34.0 Å². The average Bonchev–Trinajstić information content (AvgIpc) is 3.23. The van der Waals surface area contributed by atoms with Crippen LogP contribution in [0, 0.1) is 56.7 Å². The molecule has 0 amide bonds. The van der Waals surface area contributed by atoms with Gasteiger partial charge in [-0.15, -0.1) is 0 Å². The van der Waals surface area contributed by atoms with Gasteiger partial charge in [0.05, 0.1) is 10.8 Å². The van der Waals surface area contributed by atoms with Crippen molar-refractivity contribution in [2.45, 2.75) is 86.0 Å². The SMILES string of the molecule is C=C(C)[C@@H]1CC[C@]2(C(=O)O)CC[C@]3(C(=O)O)[C@H](CC[C@@H]4[C@@]5(C)C=CC(C)(C)[C@@H]5CC[C@]43C)[C@@H]12. The minimum absolute atomic E-state index is 0.00862. The molecule has 9 atom stereocenters. The first-order valence-electron chi connectivity index (χ1n) is 13.1. The minimum Gasteiger partial charge on any atom is -0.481 e. The zero-order valence-corrected chi connectivity index (χ0v) is 21.1. The zero-order valence-electron chi connectivity index (χ0n) is 21.1. The van der Waals surface area contributed by atoms with E-state index < -0.39 is 22.8 Å². The summed E-state index contributed by atoms with van der Waals surface area (Å²) in [7, 11) is 0. The fourth-order valence-electron chi connectivity index (χ4n) is 10.9. The molecule has 0 aliphatic heterocycles. The molecule has 0 spiro atoms.